The highest BCUT2D eigenvalue weighted by Gasteiger charge is 2.27. The van der Waals surface area contributed by atoms with E-state index in [1.54, 1.807) is 0 Å². The van der Waals surface area contributed by atoms with Crippen molar-refractivity contribution >= 4 is 5.97 Å². The topological polar surface area (TPSA) is 50.1 Å². The second-order valence-electron chi connectivity index (χ2n) is 3.40. The fraction of sp³-hybridized carbons (Fsp3) is 0.889. The van der Waals surface area contributed by atoms with E-state index < -0.39 is 6.04 Å². The molecule has 1 N–H and O–H groups in total. The van der Waals surface area contributed by atoms with Gasteiger partial charge in [-0.1, -0.05) is 19.3 Å². The van der Waals surface area contributed by atoms with Gasteiger partial charge in [0.2, 0.25) is 0 Å². The van der Waals surface area contributed by atoms with Crippen molar-refractivity contribution in [1.82, 2.24) is 5.73 Å². The van der Waals surface area contributed by atoms with Crippen LogP contribution >= 0.6 is 0 Å². The molecule has 3 heteroatoms. The molecule has 1 atom stereocenters. The highest BCUT2D eigenvalue weighted by Crippen LogP contribution is 2.26. The van der Waals surface area contributed by atoms with Gasteiger partial charge in [0.15, 0.2) is 0 Å². The molecule has 0 aromatic heterocycles. The zero-order valence-electron chi connectivity index (χ0n) is 7.51. The number of hydrogen-bond donors (Lipinski definition) is 0. The molecule has 0 aromatic rings. The number of nitrogens with one attached hydrogen (secondary N) is 1. The van der Waals surface area contributed by atoms with E-state index in [0.717, 1.165) is 25.7 Å². The lowest BCUT2D eigenvalue weighted by atomic mass is 9.84. The summed E-state index contributed by atoms with van der Waals surface area (Å²) in [5.41, 5.74) is 7.60. The van der Waals surface area contributed by atoms with Crippen LogP contribution in [0.5, 0.6) is 0 Å². The Kier molecular flexibility index (Phi) is 3.53. The summed E-state index contributed by atoms with van der Waals surface area (Å²) in [5.74, 6) is -0.131. The normalized spacial score (nSPS) is 21.8. The van der Waals surface area contributed by atoms with Gasteiger partial charge >= 0.3 is 5.97 Å². The number of ether oxygens (including phenoxy) is 1. The van der Waals surface area contributed by atoms with Gasteiger partial charge in [-0.2, -0.15) is 0 Å². The Bertz CT molecular complexity index is 153. The van der Waals surface area contributed by atoms with Crippen LogP contribution in [-0.2, 0) is 9.53 Å². The molecule has 0 amide bonds. The summed E-state index contributed by atoms with van der Waals surface area (Å²) in [7, 11) is 1.35. The van der Waals surface area contributed by atoms with E-state index in [2.05, 4.69) is 4.74 Å². The highest BCUT2D eigenvalue weighted by atomic mass is 16.5. The number of methoxy groups -OCH3 is 1. The first kappa shape index (κ1) is 9.52. The minimum Gasteiger partial charge on any atom is -0.468 e. The first-order valence-electron chi connectivity index (χ1n) is 4.54. The number of carbonyl (C=O) groups is 1. The lowest BCUT2D eigenvalue weighted by Gasteiger charge is -2.24. The number of carbonyl (C=O) groups excluding carboxylic acids is 1. The van der Waals surface area contributed by atoms with E-state index in [1.807, 2.05) is 0 Å². The standard InChI is InChI=1S/C9H16NO2/c1-12-9(11)8(10)7-5-3-2-4-6-7/h7-8,10H,2-6H2,1H3. The van der Waals surface area contributed by atoms with E-state index in [4.69, 9.17) is 5.73 Å². The molecular formula is C9H16NO2. The smallest absolute Gasteiger partial charge is 0.324 e. The van der Waals surface area contributed by atoms with Crippen LogP contribution in [0, 0.1) is 5.92 Å². The van der Waals surface area contributed by atoms with Gasteiger partial charge in [0.25, 0.3) is 0 Å². The molecule has 1 saturated carbocycles. The molecule has 1 unspecified atom stereocenters. The van der Waals surface area contributed by atoms with Gasteiger partial charge in [-0.25, -0.2) is 5.73 Å². The van der Waals surface area contributed by atoms with Gasteiger partial charge in [-0.15, -0.1) is 0 Å². The van der Waals surface area contributed by atoms with Gasteiger partial charge in [-0.05, 0) is 18.8 Å². The van der Waals surface area contributed by atoms with Crippen molar-refractivity contribution in [1.29, 1.82) is 0 Å². The summed E-state index contributed by atoms with van der Waals surface area (Å²) in [4.78, 5) is 11.0. The second kappa shape index (κ2) is 4.45. The first-order chi connectivity index (χ1) is 5.75. The fourth-order valence-corrected chi connectivity index (χ4v) is 1.79. The third kappa shape index (κ3) is 2.21. The Labute approximate surface area is 73.3 Å². The Hall–Kier alpha value is -0.570. The first-order valence-corrected chi connectivity index (χ1v) is 4.54. The van der Waals surface area contributed by atoms with Crippen molar-refractivity contribution in [3.05, 3.63) is 0 Å². The molecule has 0 aliphatic heterocycles. The summed E-state index contributed by atoms with van der Waals surface area (Å²) >= 11 is 0. The SMILES string of the molecule is COC(=O)C([NH])C1CCCCC1. The Balaban J connectivity index is 2.39. The predicted octanol–water partition coefficient (Wildman–Crippen LogP) is 1.39. The van der Waals surface area contributed by atoms with E-state index in [1.165, 1.54) is 13.5 Å². The predicted molar refractivity (Wildman–Crippen MR) is 45.5 cm³/mol. The molecule has 0 heterocycles. The van der Waals surface area contributed by atoms with E-state index >= 15 is 0 Å². The van der Waals surface area contributed by atoms with Gasteiger partial charge < -0.3 is 4.74 Å². The molecule has 3 nitrogen and oxygen atoms in total. The molecular weight excluding hydrogens is 154 g/mol. The van der Waals surface area contributed by atoms with Crippen molar-refractivity contribution in [2.45, 2.75) is 38.1 Å². The molecule has 69 valence electrons. The maximum absolute atomic E-state index is 11.0. The van der Waals surface area contributed by atoms with Crippen molar-refractivity contribution in [2.75, 3.05) is 7.11 Å². The van der Waals surface area contributed by atoms with Crippen LogP contribution in [0.25, 0.3) is 0 Å². The van der Waals surface area contributed by atoms with E-state index in [0.29, 0.717) is 0 Å². The van der Waals surface area contributed by atoms with Gasteiger partial charge in [0.05, 0.1) is 7.11 Å². The molecule has 0 bridgehead atoms. The summed E-state index contributed by atoms with van der Waals surface area (Å²) in [5, 5.41) is 0. The molecule has 1 radical (unpaired) electrons. The van der Waals surface area contributed by atoms with Crippen molar-refractivity contribution in [3.63, 3.8) is 0 Å². The maximum atomic E-state index is 11.0. The van der Waals surface area contributed by atoms with Gasteiger partial charge in [0.1, 0.15) is 6.04 Å². The van der Waals surface area contributed by atoms with Crippen molar-refractivity contribution in [2.24, 2.45) is 5.92 Å². The molecule has 1 rings (SSSR count). The van der Waals surface area contributed by atoms with Crippen LogP contribution in [-0.4, -0.2) is 19.1 Å². The van der Waals surface area contributed by atoms with Gasteiger partial charge in [-0.3, -0.25) is 4.79 Å². The third-order valence-corrected chi connectivity index (χ3v) is 2.58. The summed E-state index contributed by atoms with van der Waals surface area (Å²) in [6.07, 6.45) is 5.62. The Morgan fingerprint density at radius 1 is 1.42 bits per heavy atom. The summed E-state index contributed by atoms with van der Waals surface area (Å²) in [6.45, 7) is 0. The molecule has 1 aliphatic carbocycles. The molecule has 0 spiro atoms. The van der Waals surface area contributed by atoms with Crippen molar-refractivity contribution < 1.29 is 9.53 Å². The minimum absolute atomic E-state index is 0.242. The van der Waals surface area contributed by atoms with Crippen molar-refractivity contribution in [3.8, 4) is 0 Å². The average molecular weight is 170 g/mol. The Morgan fingerprint density at radius 2 is 2.00 bits per heavy atom. The minimum atomic E-state index is -0.643. The highest BCUT2D eigenvalue weighted by molar-refractivity contribution is 5.75. The van der Waals surface area contributed by atoms with Crippen LogP contribution in [0.1, 0.15) is 32.1 Å². The van der Waals surface area contributed by atoms with Crippen LogP contribution in [0.3, 0.4) is 0 Å². The molecule has 0 aromatic carbocycles. The summed E-state index contributed by atoms with van der Waals surface area (Å²) in [6, 6.07) is -0.643. The number of rotatable bonds is 2. The van der Waals surface area contributed by atoms with Crippen LogP contribution in [0.4, 0.5) is 0 Å². The third-order valence-electron chi connectivity index (χ3n) is 2.58. The zero-order valence-corrected chi connectivity index (χ0v) is 7.51. The van der Waals surface area contributed by atoms with E-state index in [-0.39, 0.29) is 11.9 Å². The molecule has 12 heavy (non-hydrogen) atoms. The maximum Gasteiger partial charge on any atom is 0.324 e. The van der Waals surface area contributed by atoms with E-state index in [9.17, 15) is 4.79 Å². The molecule has 1 aliphatic rings. The average Bonchev–Trinajstić information content (AvgIpc) is 2.17. The molecule has 1 fully saturated rings. The van der Waals surface area contributed by atoms with Gasteiger partial charge in [0, 0.05) is 0 Å². The number of esters is 1. The quantitative estimate of drug-likeness (QED) is 0.588. The molecule has 0 saturated heterocycles. The zero-order chi connectivity index (χ0) is 8.97. The fourth-order valence-electron chi connectivity index (χ4n) is 1.79. The lowest BCUT2D eigenvalue weighted by molar-refractivity contribution is -0.144. The van der Waals surface area contributed by atoms with Crippen LogP contribution in [0.2, 0.25) is 0 Å². The lowest BCUT2D eigenvalue weighted by Crippen LogP contribution is -2.33. The summed E-state index contributed by atoms with van der Waals surface area (Å²) < 4.78 is 4.54. The van der Waals surface area contributed by atoms with Crippen LogP contribution < -0.4 is 5.73 Å². The number of hydrogen-bond acceptors (Lipinski definition) is 2. The monoisotopic (exact) mass is 170 g/mol. The Morgan fingerprint density at radius 3 is 2.50 bits per heavy atom. The largest absolute Gasteiger partial charge is 0.468 e. The second-order valence-corrected chi connectivity index (χ2v) is 3.40. The van der Waals surface area contributed by atoms with Crippen LogP contribution in [0.15, 0.2) is 0 Å².